The van der Waals surface area contributed by atoms with Gasteiger partial charge in [0.15, 0.2) is 23.3 Å². The van der Waals surface area contributed by atoms with E-state index in [0.717, 1.165) is 51.4 Å². The van der Waals surface area contributed by atoms with Crippen molar-refractivity contribution in [1.82, 2.24) is 9.80 Å². The second-order valence-corrected chi connectivity index (χ2v) is 19.0. The number of rotatable bonds is 7. The van der Waals surface area contributed by atoms with Gasteiger partial charge in [-0.1, -0.05) is 20.8 Å². The third kappa shape index (κ3) is 5.88. The maximum atomic E-state index is 14.8. The van der Waals surface area contributed by atoms with Crippen LogP contribution < -0.4 is 0 Å². The number of fused-ring (bicyclic) bond motifs is 4. The highest BCUT2D eigenvalue weighted by molar-refractivity contribution is 5.29. The number of alkyl halides is 3. The fraction of sp³-hybridized carbons (Fsp3) is 0.950. The molecule has 9 aliphatic heterocycles. The van der Waals surface area contributed by atoms with Gasteiger partial charge in [-0.05, 0) is 116 Å². The van der Waals surface area contributed by atoms with E-state index in [2.05, 4.69) is 37.6 Å². The van der Waals surface area contributed by atoms with Gasteiger partial charge in [-0.15, -0.1) is 0 Å². The molecule has 2 spiro atoms. The predicted molar refractivity (Wildman–Crippen MR) is 186 cm³/mol. The summed E-state index contributed by atoms with van der Waals surface area (Å²) in [6.07, 6.45) is 1.89. The summed E-state index contributed by atoms with van der Waals surface area (Å²) in [5.74, 6) is -2.97. The fourth-order valence-electron chi connectivity index (χ4n) is 12.5. The van der Waals surface area contributed by atoms with Crippen molar-refractivity contribution in [2.75, 3.05) is 39.8 Å². The molecule has 4 bridgehead atoms. The molecule has 8 saturated heterocycles. The summed E-state index contributed by atoms with van der Waals surface area (Å²) in [5.41, 5.74) is -1.45. The number of halogens is 3. The number of ether oxygens (including phenoxy) is 5. The highest BCUT2D eigenvalue weighted by atomic mass is 19.4. The van der Waals surface area contributed by atoms with Crippen LogP contribution in [0.3, 0.4) is 0 Å². The molecule has 0 aromatic rings. The Kier molecular flexibility index (Phi) is 9.41. The second-order valence-electron chi connectivity index (χ2n) is 19.0. The summed E-state index contributed by atoms with van der Waals surface area (Å²) >= 11 is 0. The van der Waals surface area contributed by atoms with Gasteiger partial charge in [0, 0.05) is 55.6 Å². The van der Waals surface area contributed by atoms with E-state index in [1.807, 2.05) is 13.8 Å². The van der Waals surface area contributed by atoms with E-state index in [1.54, 1.807) is 6.92 Å². The van der Waals surface area contributed by atoms with Crippen LogP contribution in [0.4, 0.5) is 13.2 Å². The van der Waals surface area contributed by atoms with Crippen LogP contribution in [0.2, 0.25) is 0 Å². The van der Waals surface area contributed by atoms with E-state index in [1.165, 1.54) is 0 Å². The Labute approximate surface area is 317 Å². The van der Waals surface area contributed by atoms with E-state index in [-0.39, 0.29) is 41.8 Å². The molecule has 2 aliphatic carbocycles. The van der Waals surface area contributed by atoms with Gasteiger partial charge in [0.25, 0.3) is 0 Å². The summed E-state index contributed by atoms with van der Waals surface area (Å²) in [6, 6.07) is 0.280. The highest BCUT2D eigenvalue weighted by Gasteiger charge is 2.72. The minimum absolute atomic E-state index is 0.0222. The topological polar surface area (TPSA) is 89.6 Å². The van der Waals surface area contributed by atoms with Crippen LogP contribution in [0, 0.1) is 41.4 Å². The minimum Gasteiger partial charge on any atom is -0.456 e. The molecule has 54 heavy (non-hydrogen) atoms. The molecule has 0 radical (unpaired) electrons. The van der Waals surface area contributed by atoms with Crippen molar-refractivity contribution in [1.29, 1.82) is 0 Å². The lowest BCUT2D eigenvalue weighted by Gasteiger charge is -2.62. The van der Waals surface area contributed by atoms with Gasteiger partial charge >= 0.3 is 6.18 Å². The summed E-state index contributed by atoms with van der Waals surface area (Å²) in [4.78, 5) is 28.8. The van der Waals surface area contributed by atoms with E-state index in [9.17, 15) is 13.2 Å². The first-order valence-corrected chi connectivity index (χ1v) is 20.8. The standard InChI is InChI=1S/C40H61F3N2O9/c1-23-8-10-30-25(3)37(6,50-34-38(30)28(23)12-17-36(5,49-34)52-53-38)46-21-20-44(7)26-14-18-45(19-15-26)22-27-31-11-9-24(2)29-13-16-35(4)48-33(39(29,31)54-51-35)47-32(27)40(41,42)43/h23-26,28-31,33-34H,8-22H2,1-7H3/t23-,24-,25-,28+,29+,30+,31+,33-,34+,35+,36-,37+,38-,39-/m1/s1. The number of hydrogen-bond donors (Lipinski definition) is 0. The van der Waals surface area contributed by atoms with Crippen LogP contribution in [0.25, 0.3) is 0 Å². The number of nitrogens with zero attached hydrogens (tertiary/aromatic N) is 2. The second kappa shape index (κ2) is 13.2. The fourth-order valence-corrected chi connectivity index (χ4v) is 12.5. The monoisotopic (exact) mass is 770 g/mol. The van der Waals surface area contributed by atoms with Gasteiger partial charge in [0.2, 0.25) is 23.6 Å². The van der Waals surface area contributed by atoms with Crippen LogP contribution in [-0.2, 0) is 43.2 Å². The Morgan fingerprint density at radius 2 is 1.35 bits per heavy atom. The lowest BCUT2D eigenvalue weighted by molar-refractivity contribution is -0.585. The van der Waals surface area contributed by atoms with Crippen LogP contribution in [0.1, 0.15) is 106 Å². The van der Waals surface area contributed by atoms with E-state index < -0.39 is 59.0 Å². The quantitative estimate of drug-likeness (QED) is 0.250. The van der Waals surface area contributed by atoms with Crippen molar-refractivity contribution in [3.05, 3.63) is 11.3 Å². The molecule has 0 aromatic heterocycles. The molecule has 0 aromatic carbocycles. The molecule has 0 N–H and O–H groups in total. The molecule has 14 atom stereocenters. The summed E-state index contributed by atoms with van der Waals surface area (Å²) in [7, 11) is 2.11. The Hall–Kier alpha value is -1.07. The number of likely N-dealkylation sites (tertiary alicyclic amines) is 1. The number of allylic oxidation sites excluding steroid dienone is 1. The first kappa shape index (κ1) is 38.4. The van der Waals surface area contributed by atoms with Crippen molar-refractivity contribution >= 4 is 0 Å². The molecule has 11 aliphatic rings. The van der Waals surface area contributed by atoms with E-state index >= 15 is 0 Å². The van der Waals surface area contributed by atoms with Crippen molar-refractivity contribution in [3.8, 4) is 0 Å². The predicted octanol–water partition coefficient (Wildman–Crippen LogP) is 7.06. The largest absolute Gasteiger partial charge is 0.456 e. The zero-order chi connectivity index (χ0) is 38.1. The van der Waals surface area contributed by atoms with Crippen molar-refractivity contribution in [2.24, 2.45) is 41.4 Å². The molecular formula is C40H61F3N2O9. The lowest BCUT2D eigenvalue weighted by atomic mass is 9.57. The van der Waals surface area contributed by atoms with Crippen LogP contribution >= 0.6 is 0 Å². The van der Waals surface area contributed by atoms with Crippen molar-refractivity contribution in [2.45, 2.75) is 159 Å². The van der Waals surface area contributed by atoms with E-state index in [4.69, 9.17) is 43.2 Å². The zero-order valence-corrected chi connectivity index (χ0v) is 33.1. The zero-order valence-electron chi connectivity index (χ0n) is 33.1. The Morgan fingerprint density at radius 1 is 0.741 bits per heavy atom. The summed E-state index contributed by atoms with van der Waals surface area (Å²) < 4.78 is 76.4. The average Bonchev–Trinajstić information content (AvgIpc) is 3.49. The van der Waals surface area contributed by atoms with Crippen LogP contribution in [0.15, 0.2) is 11.3 Å². The highest BCUT2D eigenvalue weighted by Crippen LogP contribution is 2.63. The average molecular weight is 771 g/mol. The normalized spacial score (nSPS) is 50.7. The van der Waals surface area contributed by atoms with Gasteiger partial charge in [0.1, 0.15) is 0 Å². The molecule has 306 valence electrons. The van der Waals surface area contributed by atoms with Gasteiger partial charge in [-0.3, -0.25) is 4.90 Å². The van der Waals surface area contributed by atoms with Gasteiger partial charge in [-0.2, -0.15) is 13.2 Å². The minimum atomic E-state index is -4.64. The van der Waals surface area contributed by atoms with Gasteiger partial charge < -0.3 is 28.6 Å². The third-order valence-electron chi connectivity index (χ3n) is 15.9. The smallest absolute Gasteiger partial charge is 0.449 e. The Balaban J connectivity index is 0.839. The molecule has 9 heterocycles. The first-order valence-electron chi connectivity index (χ1n) is 20.8. The van der Waals surface area contributed by atoms with Crippen molar-refractivity contribution < 1.29 is 56.4 Å². The SMILES string of the molecule is C[C@@H]1CC[C@H]2[C@@H](C)[C@@](C)(OCCN(C)C3CCN(CC4=C(C(F)(F)F)O[C@@H]5O[C@]6(C)CC[C@H]7[C@H](C)CC[C@@H]4[C@@]57OO6)CC3)O[C@@H]3O[C@@]4(C)CC[C@@H]1[C@]32OO4. The third-order valence-corrected chi connectivity index (χ3v) is 15.9. The number of piperidine rings is 1. The van der Waals surface area contributed by atoms with E-state index in [0.29, 0.717) is 50.9 Å². The molecule has 11 nitrogen and oxygen atoms in total. The summed E-state index contributed by atoms with van der Waals surface area (Å²) in [5, 5.41) is 0. The van der Waals surface area contributed by atoms with Crippen LogP contribution in [0.5, 0.6) is 0 Å². The first-order chi connectivity index (χ1) is 25.5. The van der Waals surface area contributed by atoms with Gasteiger partial charge in [-0.25, -0.2) is 19.6 Å². The molecule has 14 heteroatoms. The van der Waals surface area contributed by atoms with Crippen LogP contribution in [-0.4, -0.2) is 103 Å². The molecule has 0 unspecified atom stereocenters. The maximum absolute atomic E-state index is 14.8. The number of likely N-dealkylation sites (N-methyl/N-ethyl adjacent to an activating group) is 1. The van der Waals surface area contributed by atoms with Crippen molar-refractivity contribution in [3.63, 3.8) is 0 Å². The Bertz CT molecular complexity index is 1480. The molecule has 2 saturated carbocycles. The summed E-state index contributed by atoms with van der Waals surface area (Å²) in [6.45, 7) is 15.1. The lowest BCUT2D eigenvalue weighted by Crippen LogP contribution is -2.73. The molecule has 10 fully saturated rings. The number of hydrogen-bond acceptors (Lipinski definition) is 11. The Morgan fingerprint density at radius 3 is 2.02 bits per heavy atom. The molecule has 0 amide bonds. The van der Waals surface area contributed by atoms with Gasteiger partial charge in [0.05, 0.1) is 6.61 Å². The molecule has 11 rings (SSSR count). The maximum Gasteiger partial charge on any atom is 0.449 e. The molecular weight excluding hydrogens is 709 g/mol.